The van der Waals surface area contributed by atoms with Gasteiger partial charge in [0.1, 0.15) is 5.82 Å². The van der Waals surface area contributed by atoms with Gasteiger partial charge in [0.2, 0.25) is 0 Å². The predicted molar refractivity (Wildman–Crippen MR) is 75.9 cm³/mol. The van der Waals surface area contributed by atoms with E-state index < -0.39 is 23.6 Å². The van der Waals surface area contributed by atoms with Crippen LogP contribution in [0.15, 0.2) is 42.5 Å². The molecule has 0 aliphatic carbocycles. The van der Waals surface area contributed by atoms with Crippen LogP contribution in [-0.4, -0.2) is 12.0 Å². The summed E-state index contributed by atoms with van der Waals surface area (Å²) in [6, 6.07) is 10.4. The van der Waals surface area contributed by atoms with E-state index in [4.69, 9.17) is 10.5 Å². The second kappa shape index (κ2) is 6.21. The van der Waals surface area contributed by atoms with Gasteiger partial charge in [-0.05, 0) is 19.1 Å². The lowest BCUT2D eigenvalue weighted by atomic mass is 10.2. The van der Waals surface area contributed by atoms with Crippen molar-refractivity contribution in [1.29, 1.82) is 0 Å². The third-order valence-corrected chi connectivity index (χ3v) is 2.77. The highest BCUT2D eigenvalue weighted by atomic mass is 19.1. The molecule has 1 amide bonds. The largest absolute Gasteiger partial charge is 0.478 e. The van der Waals surface area contributed by atoms with E-state index in [-0.39, 0.29) is 11.4 Å². The van der Waals surface area contributed by atoms with E-state index in [1.165, 1.54) is 6.92 Å². The lowest BCUT2D eigenvalue weighted by Crippen LogP contribution is -2.30. The van der Waals surface area contributed by atoms with E-state index in [9.17, 15) is 13.6 Å². The van der Waals surface area contributed by atoms with Crippen molar-refractivity contribution in [2.75, 3.05) is 11.1 Å². The third-order valence-electron chi connectivity index (χ3n) is 2.77. The van der Waals surface area contributed by atoms with Crippen molar-refractivity contribution in [3.8, 4) is 5.75 Å². The van der Waals surface area contributed by atoms with Crippen LogP contribution in [0.5, 0.6) is 5.75 Å². The van der Waals surface area contributed by atoms with Crippen molar-refractivity contribution in [3.05, 3.63) is 54.1 Å². The molecule has 0 bridgehead atoms. The minimum atomic E-state index is -0.997. The van der Waals surface area contributed by atoms with E-state index in [1.54, 1.807) is 24.3 Å². The van der Waals surface area contributed by atoms with Gasteiger partial charge in [0.15, 0.2) is 17.7 Å². The molecular formula is C15H14F2N2O2. The number of nitrogens with one attached hydrogen (secondary N) is 1. The molecule has 2 aromatic rings. The van der Waals surface area contributed by atoms with E-state index in [0.717, 1.165) is 12.1 Å². The zero-order valence-electron chi connectivity index (χ0n) is 11.3. The van der Waals surface area contributed by atoms with Gasteiger partial charge < -0.3 is 15.8 Å². The van der Waals surface area contributed by atoms with E-state index in [0.29, 0.717) is 5.69 Å². The van der Waals surface area contributed by atoms with Gasteiger partial charge in [-0.25, -0.2) is 8.78 Å². The highest BCUT2D eigenvalue weighted by molar-refractivity contribution is 5.94. The lowest BCUT2D eigenvalue weighted by molar-refractivity contribution is -0.122. The first-order chi connectivity index (χ1) is 9.97. The molecule has 0 saturated carbocycles. The highest BCUT2D eigenvalue weighted by Crippen LogP contribution is 2.24. The Morgan fingerprint density at radius 3 is 2.52 bits per heavy atom. The first kappa shape index (κ1) is 14.8. The molecule has 0 saturated heterocycles. The van der Waals surface area contributed by atoms with Crippen LogP contribution >= 0.6 is 0 Å². The first-order valence-corrected chi connectivity index (χ1v) is 6.24. The van der Waals surface area contributed by atoms with Crippen molar-refractivity contribution in [2.24, 2.45) is 0 Å². The van der Waals surface area contributed by atoms with Crippen LogP contribution in [0.2, 0.25) is 0 Å². The Balaban J connectivity index is 2.06. The zero-order chi connectivity index (χ0) is 15.4. The number of ether oxygens (including phenoxy) is 1. The molecule has 21 heavy (non-hydrogen) atoms. The third kappa shape index (κ3) is 3.68. The fourth-order valence-corrected chi connectivity index (χ4v) is 1.64. The monoisotopic (exact) mass is 292 g/mol. The number of anilines is 2. The summed E-state index contributed by atoms with van der Waals surface area (Å²) in [6.45, 7) is 1.44. The second-order valence-corrected chi connectivity index (χ2v) is 4.42. The topological polar surface area (TPSA) is 64.3 Å². The van der Waals surface area contributed by atoms with Crippen LogP contribution < -0.4 is 15.8 Å². The number of nitrogen functional groups attached to an aromatic ring is 1. The number of rotatable bonds is 4. The number of hydrogen-bond donors (Lipinski definition) is 2. The van der Waals surface area contributed by atoms with Gasteiger partial charge in [-0.1, -0.05) is 18.2 Å². The van der Waals surface area contributed by atoms with Crippen LogP contribution in [0.3, 0.4) is 0 Å². The molecular weight excluding hydrogens is 278 g/mol. The molecule has 0 spiro atoms. The van der Waals surface area contributed by atoms with Crippen LogP contribution in [0.25, 0.3) is 0 Å². The van der Waals surface area contributed by atoms with Crippen LogP contribution in [0, 0.1) is 11.6 Å². The summed E-state index contributed by atoms with van der Waals surface area (Å²) in [5.41, 5.74) is 5.50. The van der Waals surface area contributed by atoms with Crippen molar-refractivity contribution >= 4 is 17.3 Å². The number of carbonyl (C=O) groups is 1. The Morgan fingerprint density at radius 2 is 1.86 bits per heavy atom. The van der Waals surface area contributed by atoms with Gasteiger partial charge in [0.05, 0.1) is 5.69 Å². The number of amides is 1. The fourth-order valence-electron chi connectivity index (χ4n) is 1.64. The number of hydrogen-bond acceptors (Lipinski definition) is 3. The summed E-state index contributed by atoms with van der Waals surface area (Å²) in [5.74, 6) is -2.47. The minimum absolute atomic E-state index is 0.318. The van der Waals surface area contributed by atoms with Gasteiger partial charge in [-0.3, -0.25) is 4.79 Å². The smallest absolute Gasteiger partial charge is 0.265 e. The molecule has 2 aromatic carbocycles. The fraction of sp³-hybridized carbons (Fsp3) is 0.133. The molecule has 2 rings (SSSR count). The standard InChI is InChI=1S/C15H14F2N2O2/c1-9(15(20)19-10-5-3-2-4-6-10)21-14-8-11(16)13(18)7-12(14)17/h2-9H,18H2,1H3,(H,19,20). The molecule has 0 fully saturated rings. The number of para-hydroxylation sites is 1. The van der Waals surface area contributed by atoms with Crippen molar-refractivity contribution in [2.45, 2.75) is 13.0 Å². The number of nitrogens with two attached hydrogens (primary N) is 1. The molecule has 4 nitrogen and oxygen atoms in total. The van der Waals surface area contributed by atoms with Crippen LogP contribution in [-0.2, 0) is 4.79 Å². The maximum absolute atomic E-state index is 13.6. The molecule has 1 unspecified atom stereocenters. The minimum Gasteiger partial charge on any atom is -0.478 e. The summed E-state index contributed by atoms with van der Waals surface area (Å²) in [7, 11) is 0. The van der Waals surface area contributed by atoms with Gasteiger partial charge in [-0.15, -0.1) is 0 Å². The lowest BCUT2D eigenvalue weighted by Gasteiger charge is -2.15. The Kier molecular flexibility index (Phi) is 4.37. The van der Waals surface area contributed by atoms with E-state index >= 15 is 0 Å². The van der Waals surface area contributed by atoms with Gasteiger partial charge in [0, 0.05) is 17.8 Å². The Bertz CT molecular complexity index is 648. The molecule has 0 aliphatic heterocycles. The van der Waals surface area contributed by atoms with Crippen molar-refractivity contribution < 1.29 is 18.3 Å². The van der Waals surface area contributed by atoms with Crippen LogP contribution in [0.1, 0.15) is 6.92 Å². The molecule has 0 aliphatic rings. The summed E-state index contributed by atoms with van der Waals surface area (Å²) in [6.07, 6.45) is -0.997. The number of carbonyl (C=O) groups excluding carboxylic acids is 1. The molecule has 110 valence electrons. The van der Waals surface area contributed by atoms with Gasteiger partial charge in [-0.2, -0.15) is 0 Å². The molecule has 6 heteroatoms. The van der Waals surface area contributed by atoms with Gasteiger partial charge >= 0.3 is 0 Å². The Morgan fingerprint density at radius 1 is 1.19 bits per heavy atom. The quantitative estimate of drug-likeness (QED) is 0.852. The molecule has 0 heterocycles. The van der Waals surface area contributed by atoms with E-state index in [2.05, 4.69) is 5.32 Å². The number of benzene rings is 2. The summed E-state index contributed by atoms with van der Waals surface area (Å²) < 4.78 is 32.0. The predicted octanol–water partition coefficient (Wildman–Crippen LogP) is 2.95. The highest BCUT2D eigenvalue weighted by Gasteiger charge is 2.18. The molecule has 3 N–H and O–H groups in total. The number of halogens is 2. The average molecular weight is 292 g/mol. The molecule has 1 atom stereocenters. The van der Waals surface area contributed by atoms with E-state index in [1.807, 2.05) is 6.07 Å². The first-order valence-electron chi connectivity index (χ1n) is 6.24. The Labute approximate surface area is 120 Å². The normalized spacial score (nSPS) is 11.8. The Hall–Kier alpha value is -2.63. The van der Waals surface area contributed by atoms with Crippen molar-refractivity contribution in [1.82, 2.24) is 0 Å². The summed E-state index contributed by atoms with van der Waals surface area (Å²) in [5, 5.41) is 2.60. The zero-order valence-corrected chi connectivity index (χ0v) is 11.3. The average Bonchev–Trinajstić information content (AvgIpc) is 2.45. The summed E-state index contributed by atoms with van der Waals surface area (Å²) >= 11 is 0. The maximum Gasteiger partial charge on any atom is 0.265 e. The SMILES string of the molecule is CC(Oc1cc(F)c(N)cc1F)C(=O)Nc1ccccc1. The maximum atomic E-state index is 13.6. The molecule has 0 radical (unpaired) electrons. The van der Waals surface area contributed by atoms with Crippen LogP contribution in [0.4, 0.5) is 20.2 Å². The summed E-state index contributed by atoms with van der Waals surface area (Å²) in [4.78, 5) is 11.9. The molecule has 0 aromatic heterocycles. The second-order valence-electron chi connectivity index (χ2n) is 4.42. The van der Waals surface area contributed by atoms with Gasteiger partial charge in [0.25, 0.3) is 5.91 Å². The van der Waals surface area contributed by atoms with Crippen molar-refractivity contribution in [3.63, 3.8) is 0 Å².